The fraction of sp³-hybridized carbons (Fsp3) is 0.647. The van der Waals surface area contributed by atoms with E-state index in [1.807, 2.05) is 6.07 Å². The van der Waals surface area contributed by atoms with Crippen molar-refractivity contribution in [2.24, 2.45) is 5.41 Å². The molecule has 0 aromatic heterocycles. The second kappa shape index (κ2) is 6.59. The van der Waals surface area contributed by atoms with Crippen LogP contribution in [-0.4, -0.2) is 38.7 Å². The van der Waals surface area contributed by atoms with E-state index in [1.54, 1.807) is 7.11 Å². The van der Waals surface area contributed by atoms with Crippen molar-refractivity contribution in [3.8, 4) is 5.75 Å². The fourth-order valence-corrected chi connectivity index (χ4v) is 2.76. The van der Waals surface area contributed by atoms with Gasteiger partial charge in [-0.3, -0.25) is 0 Å². The van der Waals surface area contributed by atoms with Crippen LogP contribution in [0.15, 0.2) is 24.3 Å². The molecule has 1 fully saturated rings. The third kappa shape index (κ3) is 3.97. The van der Waals surface area contributed by atoms with Gasteiger partial charge in [0.15, 0.2) is 0 Å². The van der Waals surface area contributed by atoms with Gasteiger partial charge in [0, 0.05) is 12.6 Å². The molecular formula is C17H28N2O. The van der Waals surface area contributed by atoms with E-state index in [2.05, 4.69) is 49.3 Å². The summed E-state index contributed by atoms with van der Waals surface area (Å²) in [4.78, 5) is 2.42. The average molecular weight is 276 g/mol. The summed E-state index contributed by atoms with van der Waals surface area (Å²) >= 11 is 0. The molecule has 1 N–H and O–H groups in total. The van der Waals surface area contributed by atoms with Crippen LogP contribution in [0, 0.1) is 5.41 Å². The number of benzene rings is 1. The molecule has 0 bridgehead atoms. The van der Waals surface area contributed by atoms with Gasteiger partial charge in [0.05, 0.1) is 7.11 Å². The highest BCUT2D eigenvalue weighted by atomic mass is 16.5. The summed E-state index contributed by atoms with van der Waals surface area (Å²) in [6, 6.07) is 8.70. The molecule has 0 aliphatic carbocycles. The number of rotatable bonds is 5. The number of nitrogens with one attached hydrogen (secondary N) is 1. The zero-order valence-corrected chi connectivity index (χ0v) is 13.3. The molecule has 0 saturated carbocycles. The molecular weight excluding hydrogens is 248 g/mol. The lowest BCUT2D eigenvalue weighted by Crippen LogP contribution is -2.42. The van der Waals surface area contributed by atoms with E-state index < -0.39 is 0 Å². The number of hydrogen-bond donors (Lipinski definition) is 1. The summed E-state index contributed by atoms with van der Waals surface area (Å²) < 4.78 is 5.30. The molecule has 0 amide bonds. The maximum absolute atomic E-state index is 5.30. The van der Waals surface area contributed by atoms with E-state index >= 15 is 0 Å². The molecule has 0 radical (unpaired) electrons. The van der Waals surface area contributed by atoms with E-state index in [0.717, 1.165) is 12.3 Å². The Balaban J connectivity index is 1.89. The molecule has 1 atom stereocenters. The first-order chi connectivity index (χ1) is 9.52. The van der Waals surface area contributed by atoms with Gasteiger partial charge in [0.2, 0.25) is 0 Å². The second-order valence-electron chi connectivity index (χ2n) is 6.49. The Morgan fingerprint density at radius 2 is 2.05 bits per heavy atom. The first kappa shape index (κ1) is 15.3. The number of nitrogens with zero attached hydrogens (tertiary/aromatic N) is 1. The number of methoxy groups -OCH3 is 1. The van der Waals surface area contributed by atoms with Gasteiger partial charge in [-0.05, 0) is 63.0 Å². The van der Waals surface area contributed by atoms with E-state index in [4.69, 9.17) is 4.74 Å². The summed E-state index contributed by atoms with van der Waals surface area (Å²) in [7, 11) is 3.93. The van der Waals surface area contributed by atoms with Crippen LogP contribution >= 0.6 is 0 Å². The standard InChI is InChI=1S/C17H28N2O/c1-14(15-6-5-7-16(12-15)20-4)18-13-17(2)8-10-19(3)11-9-17/h5-7,12,14,18H,8-11,13H2,1-4H3. The third-order valence-electron chi connectivity index (χ3n) is 4.62. The summed E-state index contributed by atoms with van der Waals surface area (Å²) in [5, 5.41) is 3.70. The molecule has 1 unspecified atom stereocenters. The van der Waals surface area contributed by atoms with E-state index in [-0.39, 0.29) is 0 Å². The minimum Gasteiger partial charge on any atom is -0.497 e. The van der Waals surface area contributed by atoms with Crippen LogP contribution in [-0.2, 0) is 0 Å². The quantitative estimate of drug-likeness (QED) is 0.894. The molecule has 1 aliphatic rings. The number of hydrogen-bond acceptors (Lipinski definition) is 3. The van der Waals surface area contributed by atoms with Gasteiger partial charge < -0.3 is 15.0 Å². The highest BCUT2D eigenvalue weighted by Gasteiger charge is 2.28. The lowest BCUT2D eigenvalue weighted by molar-refractivity contribution is 0.134. The number of piperidine rings is 1. The van der Waals surface area contributed by atoms with E-state index in [1.165, 1.54) is 31.5 Å². The summed E-state index contributed by atoms with van der Waals surface area (Å²) in [6.07, 6.45) is 2.56. The van der Waals surface area contributed by atoms with Gasteiger partial charge in [0.1, 0.15) is 5.75 Å². The minimum atomic E-state index is 0.363. The molecule has 1 heterocycles. The van der Waals surface area contributed by atoms with Gasteiger partial charge in [-0.15, -0.1) is 0 Å². The number of ether oxygens (including phenoxy) is 1. The van der Waals surface area contributed by atoms with Crippen LogP contribution in [0.5, 0.6) is 5.75 Å². The van der Waals surface area contributed by atoms with Crippen molar-refractivity contribution in [3.05, 3.63) is 29.8 Å². The Morgan fingerprint density at radius 1 is 1.35 bits per heavy atom. The van der Waals surface area contributed by atoms with Crippen LogP contribution in [0.1, 0.15) is 38.3 Å². The zero-order valence-electron chi connectivity index (χ0n) is 13.3. The highest BCUT2D eigenvalue weighted by molar-refractivity contribution is 5.30. The largest absolute Gasteiger partial charge is 0.497 e. The molecule has 2 rings (SSSR count). The Kier molecular flexibility index (Phi) is 5.06. The Labute approximate surface area is 123 Å². The van der Waals surface area contributed by atoms with Gasteiger partial charge in [0.25, 0.3) is 0 Å². The molecule has 3 heteroatoms. The summed E-state index contributed by atoms with van der Waals surface area (Å²) in [5.74, 6) is 0.932. The van der Waals surface area contributed by atoms with Crippen molar-refractivity contribution in [3.63, 3.8) is 0 Å². The second-order valence-corrected chi connectivity index (χ2v) is 6.49. The Hall–Kier alpha value is -1.06. The van der Waals surface area contributed by atoms with Gasteiger partial charge in [-0.25, -0.2) is 0 Å². The van der Waals surface area contributed by atoms with Crippen molar-refractivity contribution < 1.29 is 4.74 Å². The van der Waals surface area contributed by atoms with Crippen molar-refractivity contribution in [2.45, 2.75) is 32.7 Å². The average Bonchev–Trinajstić information content (AvgIpc) is 2.48. The predicted octanol–water partition coefficient (Wildman–Crippen LogP) is 3.08. The lowest BCUT2D eigenvalue weighted by Gasteiger charge is -2.38. The first-order valence-corrected chi connectivity index (χ1v) is 7.58. The smallest absolute Gasteiger partial charge is 0.119 e. The molecule has 112 valence electrons. The minimum absolute atomic E-state index is 0.363. The molecule has 20 heavy (non-hydrogen) atoms. The molecule has 0 spiro atoms. The molecule has 1 saturated heterocycles. The Morgan fingerprint density at radius 3 is 2.70 bits per heavy atom. The van der Waals surface area contributed by atoms with E-state index in [9.17, 15) is 0 Å². The van der Waals surface area contributed by atoms with Crippen molar-refractivity contribution >= 4 is 0 Å². The van der Waals surface area contributed by atoms with Crippen LogP contribution in [0.25, 0.3) is 0 Å². The molecule has 1 aromatic carbocycles. The van der Waals surface area contributed by atoms with Gasteiger partial charge in [-0.2, -0.15) is 0 Å². The van der Waals surface area contributed by atoms with Crippen molar-refractivity contribution in [1.82, 2.24) is 10.2 Å². The van der Waals surface area contributed by atoms with Crippen molar-refractivity contribution in [1.29, 1.82) is 0 Å². The highest BCUT2D eigenvalue weighted by Crippen LogP contribution is 2.30. The van der Waals surface area contributed by atoms with Gasteiger partial charge in [-0.1, -0.05) is 19.1 Å². The first-order valence-electron chi connectivity index (χ1n) is 7.58. The third-order valence-corrected chi connectivity index (χ3v) is 4.62. The SMILES string of the molecule is COc1cccc(C(C)NCC2(C)CCN(C)CC2)c1. The van der Waals surface area contributed by atoms with Crippen LogP contribution < -0.4 is 10.1 Å². The van der Waals surface area contributed by atoms with Crippen LogP contribution in [0.2, 0.25) is 0 Å². The predicted molar refractivity (Wildman–Crippen MR) is 84.2 cm³/mol. The maximum Gasteiger partial charge on any atom is 0.119 e. The normalized spacial score (nSPS) is 20.6. The zero-order chi connectivity index (χ0) is 14.6. The van der Waals surface area contributed by atoms with Gasteiger partial charge >= 0.3 is 0 Å². The monoisotopic (exact) mass is 276 g/mol. The van der Waals surface area contributed by atoms with Crippen LogP contribution in [0.4, 0.5) is 0 Å². The van der Waals surface area contributed by atoms with Crippen molar-refractivity contribution in [2.75, 3.05) is 33.8 Å². The molecule has 1 aliphatic heterocycles. The molecule has 3 nitrogen and oxygen atoms in total. The number of likely N-dealkylation sites (tertiary alicyclic amines) is 1. The van der Waals surface area contributed by atoms with E-state index in [0.29, 0.717) is 11.5 Å². The molecule has 1 aromatic rings. The Bertz CT molecular complexity index is 425. The summed E-state index contributed by atoms with van der Waals surface area (Å²) in [6.45, 7) is 8.15. The summed E-state index contributed by atoms with van der Waals surface area (Å²) in [5.41, 5.74) is 1.72. The maximum atomic E-state index is 5.30. The van der Waals surface area contributed by atoms with Crippen LogP contribution in [0.3, 0.4) is 0 Å². The topological polar surface area (TPSA) is 24.5 Å². The fourth-order valence-electron chi connectivity index (χ4n) is 2.76. The lowest BCUT2D eigenvalue weighted by atomic mass is 9.80.